The highest BCUT2D eigenvalue weighted by Gasteiger charge is 2.24. The Morgan fingerprint density at radius 2 is 1.54 bits per heavy atom. The monoisotopic (exact) mass is 504 g/mol. The van der Waals surface area contributed by atoms with Crippen molar-refractivity contribution in [2.45, 2.75) is 52.5 Å². The molecular weight excluding hydrogens is 468 g/mol. The Balaban J connectivity index is 1.64. The molecule has 1 amide bonds. The smallest absolute Gasteiger partial charge is 0.305 e. The third-order valence-corrected chi connectivity index (χ3v) is 6.43. The Hall–Kier alpha value is -3.87. The van der Waals surface area contributed by atoms with E-state index in [2.05, 4.69) is 10.6 Å². The fourth-order valence-electron chi connectivity index (χ4n) is 4.05. The molecule has 196 valence electrons. The van der Waals surface area contributed by atoms with Crippen molar-refractivity contribution in [2.24, 2.45) is 5.92 Å². The number of esters is 1. The standard InChI is InChI=1S/C30H36N2O5/c1-5-20(3)29(30(35)32-25-16-12-23-19-26(36-4)17-13-22(23)18-25)31-24-14-10-21(11-15-24)27(33)8-7-9-28(34)37-6-2/h10-20,29,31H,5-9H2,1-4H3,(H,32,35)/t20-,29-/m0/s1. The molecule has 0 aliphatic rings. The van der Waals surface area contributed by atoms with Crippen LogP contribution in [0.25, 0.3) is 10.8 Å². The topological polar surface area (TPSA) is 93.7 Å². The minimum Gasteiger partial charge on any atom is -0.497 e. The summed E-state index contributed by atoms with van der Waals surface area (Å²) in [4.78, 5) is 37.2. The van der Waals surface area contributed by atoms with Crippen molar-refractivity contribution in [2.75, 3.05) is 24.4 Å². The maximum Gasteiger partial charge on any atom is 0.305 e. The second kappa shape index (κ2) is 13.4. The van der Waals surface area contributed by atoms with Crippen molar-refractivity contribution in [1.82, 2.24) is 0 Å². The molecule has 3 aromatic carbocycles. The number of carbonyl (C=O) groups is 3. The van der Waals surface area contributed by atoms with Gasteiger partial charge in [0.05, 0.1) is 13.7 Å². The summed E-state index contributed by atoms with van der Waals surface area (Å²) < 4.78 is 10.2. The molecule has 0 spiro atoms. The first-order chi connectivity index (χ1) is 17.8. The zero-order chi connectivity index (χ0) is 26.8. The molecule has 0 saturated heterocycles. The van der Waals surface area contributed by atoms with Gasteiger partial charge < -0.3 is 20.1 Å². The van der Waals surface area contributed by atoms with Gasteiger partial charge in [-0.3, -0.25) is 14.4 Å². The summed E-state index contributed by atoms with van der Waals surface area (Å²) in [5.41, 5.74) is 2.06. The van der Waals surface area contributed by atoms with E-state index in [1.165, 1.54) is 0 Å². The maximum atomic E-state index is 13.3. The molecule has 0 unspecified atom stereocenters. The predicted molar refractivity (Wildman–Crippen MR) is 147 cm³/mol. The van der Waals surface area contributed by atoms with Crippen LogP contribution in [0.4, 0.5) is 11.4 Å². The second-order valence-corrected chi connectivity index (χ2v) is 9.08. The molecule has 0 heterocycles. The van der Waals surface area contributed by atoms with E-state index in [-0.39, 0.29) is 36.4 Å². The summed E-state index contributed by atoms with van der Waals surface area (Å²) >= 11 is 0. The normalized spacial score (nSPS) is 12.4. The average Bonchev–Trinajstić information content (AvgIpc) is 2.91. The zero-order valence-electron chi connectivity index (χ0n) is 22.0. The SMILES string of the molecule is CCOC(=O)CCCC(=O)c1ccc(N[C@H](C(=O)Nc2ccc3cc(OC)ccc3c2)[C@@H](C)CC)cc1. The van der Waals surface area contributed by atoms with E-state index in [0.717, 1.165) is 34.3 Å². The van der Waals surface area contributed by atoms with Crippen molar-refractivity contribution in [3.8, 4) is 5.75 Å². The summed E-state index contributed by atoms with van der Waals surface area (Å²) in [6.07, 6.45) is 1.79. The number of benzene rings is 3. The Labute approximate surface area is 218 Å². The number of methoxy groups -OCH3 is 1. The highest BCUT2D eigenvalue weighted by molar-refractivity contribution is 5.99. The summed E-state index contributed by atoms with van der Waals surface area (Å²) in [6.45, 7) is 6.18. The lowest BCUT2D eigenvalue weighted by Crippen LogP contribution is -2.39. The minimum atomic E-state index is -0.456. The summed E-state index contributed by atoms with van der Waals surface area (Å²) in [5, 5.41) is 8.42. The van der Waals surface area contributed by atoms with E-state index in [1.807, 2.05) is 62.4 Å². The van der Waals surface area contributed by atoms with Crippen LogP contribution in [0.2, 0.25) is 0 Å². The van der Waals surface area contributed by atoms with Gasteiger partial charge in [0.15, 0.2) is 5.78 Å². The van der Waals surface area contributed by atoms with Crippen LogP contribution in [-0.4, -0.2) is 37.4 Å². The average molecular weight is 505 g/mol. The van der Waals surface area contributed by atoms with Crippen molar-refractivity contribution in [1.29, 1.82) is 0 Å². The van der Waals surface area contributed by atoms with E-state index in [1.54, 1.807) is 26.2 Å². The quantitative estimate of drug-likeness (QED) is 0.212. The van der Waals surface area contributed by atoms with E-state index >= 15 is 0 Å². The fraction of sp³-hybridized carbons (Fsp3) is 0.367. The van der Waals surface area contributed by atoms with Gasteiger partial charge in [0, 0.05) is 29.8 Å². The number of hydrogen-bond acceptors (Lipinski definition) is 6. The lowest BCUT2D eigenvalue weighted by molar-refractivity contribution is -0.143. The number of Topliss-reactive ketones (excluding diaryl/α,β-unsaturated/α-hetero) is 1. The molecule has 7 heteroatoms. The van der Waals surface area contributed by atoms with Gasteiger partial charge in [0.2, 0.25) is 5.91 Å². The van der Waals surface area contributed by atoms with Gasteiger partial charge >= 0.3 is 5.97 Å². The molecule has 0 fully saturated rings. The molecule has 0 aliphatic carbocycles. The largest absolute Gasteiger partial charge is 0.497 e. The Bertz CT molecular complexity index is 1220. The van der Waals surface area contributed by atoms with E-state index in [9.17, 15) is 14.4 Å². The van der Waals surface area contributed by atoms with Crippen LogP contribution < -0.4 is 15.4 Å². The number of hydrogen-bond donors (Lipinski definition) is 2. The van der Waals surface area contributed by atoms with Gasteiger partial charge in [-0.1, -0.05) is 32.4 Å². The number of ether oxygens (including phenoxy) is 2. The van der Waals surface area contributed by atoms with Gasteiger partial charge in [0.1, 0.15) is 11.8 Å². The fourth-order valence-corrected chi connectivity index (χ4v) is 4.05. The molecule has 0 radical (unpaired) electrons. The first-order valence-electron chi connectivity index (χ1n) is 12.8. The van der Waals surface area contributed by atoms with Gasteiger partial charge in [0.25, 0.3) is 0 Å². The molecule has 0 bridgehead atoms. The summed E-state index contributed by atoms with van der Waals surface area (Å²) in [5.74, 6) is 0.430. The first kappa shape index (κ1) is 27.7. The second-order valence-electron chi connectivity index (χ2n) is 9.08. The Morgan fingerprint density at radius 1 is 0.865 bits per heavy atom. The number of carbonyl (C=O) groups excluding carboxylic acids is 3. The first-order valence-corrected chi connectivity index (χ1v) is 12.8. The molecule has 3 rings (SSSR count). The van der Waals surface area contributed by atoms with Crippen molar-refractivity contribution in [3.05, 3.63) is 66.2 Å². The molecule has 0 aromatic heterocycles. The number of fused-ring (bicyclic) bond motifs is 1. The molecule has 2 N–H and O–H groups in total. The van der Waals surface area contributed by atoms with E-state index < -0.39 is 6.04 Å². The Morgan fingerprint density at radius 3 is 2.22 bits per heavy atom. The van der Waals surface area contributed by atoms with Crippen molar-refractivity contribution < 1.29 is 23.9 Å². The van der Waals surface area contributed by atoms with Crippen molar-refractivity contribution in [3.63, 3.8) is 0 Å². The Kier molecular flexibility index (Phi) is 10.1. The van der Waals surface area contributed by atoms with Crippen LogP contribution in [0, 0.1) is 5.92 Å². The lowest BCUT2D eigenvalue weighted by Gasteiger charge is -2.25. The molecule has 7 nitrogen and oxygen atoms in total. The van der Waals surface area contributed by atoms with Crippen LogP contribution in [0.5, 0.6) is 5.75 Å². The van der Waals surface area contributed by atoms with Crippen LogP contribution in [0.1, 0.15) is 56.8 Å². The third kappa shape index (κ3) is 7.81. The maximum absolute atomic E-state index is 13.3. The summed E-state index contributed by atoms with van der Waals surface area (Å²) in [7, 11) is 1.64. The van der Waals surface area contributed by atoms with E-state index in [4.69, 9.17) is 9.47 Å². The van der Waals surface area contributed by atoms with Crippen LogP contribution in [-0.2, 0) is 14.3 Å². The number of ketones is 1. The summed E-state index contributed by atoms with van der Waals surface area (Å²) in [6, 6.07) is 18.3. The molecule has 0 aliphatic heterocycles. The molecular formula is C30H36N2O5. The minimum absolute atomic E-state index is 0.0269. The molecule has 2 atom stereocenters. The number of amides is 1. The van der Waals surface area contributed by atoms with Crippen LogP contribution in [0.3, 0.4) is 0 Å². The zero-order valence-corrected chi connectivity index (χ0v) is 22.0. The number of anilines is 2. The molecule has 37 heavy (non-hydrogen) atoms. The van der Waals surface area contributed by atoms with Gasteiger partial charge in [-0.25, -0.2) is 0 Å². The number of nitrogens with one attached hydrogen (secondary N) is 2. The highest BCUT2D eigenvalue weighted by Crippen LogP contribution is 2.25. The number of rotatable bonds is 13. The van der Waals surface area contributed by atoms with Gasteiger partial charge in [-0.05, 0) is 78.6 Å². The van der Waals surface area contributed by atoms with Gasteiger partial charge in [-0.15, -0.1) is 0 Å². The molecule has 0 saturated carbocycles. The van der Waals surface area contributed by atoms with Gasteiger partial charge in [-0.2, -0.15) is 0 Å². The van der Waals surface area contributed by atoms with E-state index in [0.29, 0.717) is 18.6 Å². The highest BCUT2D eigenvalue weighted by atomic mass is 16.5. The predicted octanol–water partition coefficient (Wildman–Crippen LogP) is 6.23. The van der Waals surface area contributed by atoms with Crippen LogP contribution in [0.15, 0.2) is 60.7 Å². The van der Waals surface area contributed by atoms with Crippen molar-refractivity contribution >= 4 is 39.8 Å². The lowest BCUT2D eigenvalue weighted by atomic mass is 9.97. The molecule has 3 aromatic rings. The van der Waals surface area contributed by atoms with Crippen LogP contribution >= 0.6 is 0 Å². The third-order valence-electron chi connectivity index (χ3n) is 6.43.